The van der Waals surface area contributed by atoms with Crippen molar-refractivity contribution < 1.29 is 9.72 Å². The first-order valence-electron chi connectivity index (χ1n) is 6.68. The van der Waals surface area contributed by atoms with Crippen LogP contribution in [0.15, 0.2) is 23.4 Å². The minimum Gasteiger partial charge on any atom is -0.353 e. The van der Waals surface area contributed by atoms with Crippen LogP contribution in [-0.4, -0.2) is 27.6 Å². The fraction of sp³-hybridized carbons (Fsp3) is 0.538. The number of amides is 1. The van der Waals surface area contributed by atoms with Crippen molar-refractivity contribution in [2.75, 3.05) is 5.75 Å². The van der Waals surface area contributed by atoms with Crippen LogP contribution >= 0.6 is 11.8 Å². The maximum atomic E-state index is 11.7. The van der Waals surface area contributed by atoms with Crippen molar-refractivity contribution in [3.8, 4) is 0 Å². The van der Waals surface area contributed by atoms with Gasteiger partial charge < -0.3 is 5.32 Å². The number of pyridine rings is 1. The number of nitro groups is 1. The molecule has 1 aromatic heterocycles. The SMILES string of the molecule is O=C(CCSc1ncccc1[N+](=O)[O-])NC1CCCC1. The van der Waals surface area contributed by atoms with Crippen molar-refractivity contribution in [1.29, 1.82) is 0 Å². The summed E-state index contributed by atoms with van der Waals surface area (Å²) in [4.78, 5) is 26.1. The van der Waals surface area contributed by atoms with Crippen LogP contribution in [0.4, 0.5) is 5.69 Å². The Bertz CT molecular complexity index is 490. The van der Waals surface area contributed by atoms with E-state index in [1.54, 1.807) is 0 Å². The van der Waals surface area contributed by atoms with Gasteiger partial charge in [0.1, 0.15) is 0 Å². The molecule has 0 aromatic carbocycles. The summed E-state index contributed by atoms with van der Waals surface area (Å²) in [5.74, 6) is 0.513. The highest BCUT2D eigenvalue weighted by atomic mass is 32.2. The molecular weight excluding hydrogens is 278 g/mol. The summed E-state index contributed by atoms with van der Waals surface area (Å²) < 4.78 is 0. The van der Waals surface area contributed by atoms with Crippen LogP contribution < -0.4 is 5.32 Å². The molecule has 0 atom stereocenters. The van der Waals surface area contributed by atoms with Gasteiger partial charge in [-0.15, -0.1) is 0 Å². The number of thioether (sulfide) groups is 1. The second kappa shape index (κ2) is 7.23. The van der Waals surface area contributed by atoms with Gasteiger partial charge in [0.2, 0.25) is 5.91 Å². The van der Waals surface area contributed by atoms with Gasteiger partial charge in [0.05, 0.1) is 4.92 Å². The fourth-order valence-electron chi connectivity index (χ4n) is 2.24. The largest absolute Gasteiger partial charge is 0.353 e. The number of hydrogen-bond acceptors (Lipinski definition) is 5. The summed E-state index contributed by atoms with van der Waals surface area (Å²) in [6.45, 7) is 0. The smallest absolute Gasteiger partial charge is 0.301 e. The van der Waals surface area contributed by atoms with Crippen molar-refractivity contribution in [3.63, 3.8) is 0 Å². The lowest BCUT2D eigenvalue weighted by Gasteiger charge is -2.11. The molecule has 0 radical (unpaired) electrons. The van der Waals surface area contributed by atoms with Crippen molar-refractivity contribution in [2.45, 2.75) is 43.2 Å². The Hall–Kier alpha value is -1.63. The van der Waals surface area contributed by atoms with Crippen molar-refractivity contribution in [1.82, 2.24) is 10.3 Å². The molecule has 7 heteroatoms. The Morgan fingerprint density at radius 2 is 2.25 bits per heavy atom. The summed E-state index contributed by atoms with van der Waals surface area (Å²) in [6.07, 6.45) is 6.36. The third-order valence-corrected chi connectivity index (χ3v) is 4.23. The maximum Gasteiger partial charge on any atom is 0.301 e. The van der Waals surface area contributed by atoms with E-state index in [4.69, 9.17) is 0 Å². The fourth-order valence-corrected chi connectivity index (χ4v) is 3.15. The topological polar surface area (TPSA) is 85.1 Å². The minimum atomic E-state index is -0.450. The second-order valence-electron chi connectivity index (χ2n) is 4.73. The lowest BCUT2D eigenvalue weighted by atomic mass is 10.2. The molecule has 0 aliphatic heterocycles. The number of nitrogens with zero attached hydrogens (tertiary/aromatic N) is 2. The normalized spacial score (nSPS) is 15.2. The van der Waals surface area contributed by atoms with Gasteiger partial charge in [0.15, 0.2) is 5.03 Å². The Morgan fingerprint density at radius 3 is 2.95 bits per heavy atom. The molecule has 1 fully saturated rings. The van der Waals surface area contributed by atoms with E-state index in [2.05, 4.69) is 10.3 Å². The van der Waals surface area contributed by atoms with Gasteiger partial charge in [-0.3, -0.25) is 14.9 Å². The van der Waals surface area contributed by atoms with Crippen LogP contribution in [0.5, 0.6) is 0 Å². The number of hydrogen-bond donors (Lipinski definition) is 1. The average molecular weight is 295 g/mol. The van der Waals surface area contributed by atoms with Crippen LogP contribution in [-0.2, 0) is 4.79 Å². The second-order valence-corrected chi connectivity index (χ2v) is 5.82. The van der Waals surface area contributed by atoms with E-state index in [9.17, 15) is 14.9 Å². The monoisotopic (exact) mass is 295 g/mol. The summed E-state index contributed by atoms with van der Waals surface area (Å²) in [5, 5.41) is 14.2. The van der Waals surface area contributed by atoms with Gasteiger partial charge in [-0.2, -0.15) is 0 Å². The molecule has 2 rings (SSSR count). The van der Waals surface area contributed by atoms with E-state index in [0.717, 1.165) is 12.8 Å². The van der Waals surface area contributed by atoms with Gasteiger partial charge in [0, 0.05) is 30.5 Å². The standard InChI is InChI=1S/C13H17N3O3S/c17-12(15-10-4-1-2-5-10)7-9-20-13-11(16(18)19)6-3-8-14-13/h3,6,8,10H,1-2,4-5,7,9H2,(H,15,17). The van der Waals surface area contributed by atoms with E-state index in [-0.39, 0.29) is 11.6 Å². The van der Waals surface area contributed by atoms with E-state index in [1.165, 1.54) is 42.9 Å². The van der Waals surface area contributed by atoms with Gasteiger partial charge in [-0.25, -0.2) is 4.98 Å². The molecule has 1 aliphatic carbocycles. The first-order valence-corrected chi connectivity index (χ1v) is 7.67. The van der Waals surface area contributed by atoms with Gasteiger partial charge in [0.25, 0.3) is 0 Å². The summed E-state index contributed by atoms with van der Waals surface area (Å²) in [6, 6.07) is 3.28. The van der Waals surface area contributed by atoms with Crippen LogP contribution in [0.25, 0.3) is 0 Å². The van der Waals surface area contributed by atoms with Crippen LogP contribution in [0, 0.1) is 10.1 Å². The molecule has 1 aliphatic rings. The van der Waals surface area contributed by atoms with Crippen molar-refractivity contribution in [3.05, 3.63) is 28.4 Å². The average Bonchev–Trinajstić information content (AvgIpc) is 2.92. The molecule has 1 heterocycles. The predicted molar refractivity (Wildman–Crippen MR) is 76.6 cm³/mol. The zero-order chi connectivity index (χ0) is 14.4. The number of carbonyl (C=O) groups is 1. The highest BCUT2D eigenvalue weighted by molar-refractivity contribution is 7.99. The van der Waals surface area contributed by atoms with Crippen molar-refractivity contribution >= 4 is 23.4 Å². The van der Waals surface area contributed by atoms with Crippen LogP contribution in [0.1, 0.15) is 32.1 Å². The van der Waals surface area contributed by atoms with Crippen LogP contribution in [0.3, 0.4) is 0 Å². The highest BCUT2D eigenvalue weighted by Gasteiger charge is 2.18. The molecule has 108 valence electrons. The molecular formula is C13H17N3O3S. The minimum absolute atomic E-state index is 0.00583. The molecule has 1 N–H and O–H groups in total. The molecule has 0 bridgehead atoms. The third-order valence-electron chi connectivity index (χ3n) is 3.24. The Morgan fingerprint density at radius 1 is 1.50 bits per heavy atom. The highest BCUT2D eigenvalue weighted by Crippen LogP contribution is 2.26. The van der Waals surface area contributed by atoms with Gasteiger partial charge in [-0.1, -0.05) is 24.6 Å². The first-order chi connectivity index (χ1) is 9.66. The van der Waals surface area contributed by atoms with Gasteiger partial charge >= 0.3 is 5.69 Å². The molecule has 0 saturated heterocycles. The zero-order valence-corrected chi connectivity index (χ0v) is 11.9. The summed E-state index contributed by atoms with van der Waals surface area (Å²) in [7, 11) is 0. The Kier molecular flexibility index (Phi) is 5.34. The summed E-state index contributed by atoms with van der Waals surface area (Å²) in [5.41, 5.74) is -0.00583. The van der Waals surface area contributed by atoms with E-state index in [1.807, 2.05) is 0 Å². The maximum absolute atomic E-state index is 11.7. The zero-order valence-electron chi connectivity index (χ0n) is 11.1. The molecule has 20 heavy (non-hydrogen) atoms. The number of nitrogens with one attached hydrogen (secondary N) is 1. The molecule has 0 unspecified atom stereocenters. The predicted octanol–water partition coefficient (Wildman–Crippen LogP) is 2.53. The quantitative estimate of drug-likeness (QED) is 0.495. The first kappa shape index (κ1) is 14.8. The molecule has 1 aromatic rings. The van der Waals surface area contributed by atoms with E-state index >= 15 is 0 Å². The van der Waals surface area contributed by atoms with Crippen molar-refractivity contribution in [2.24, 2.45) is 0 Å². The lowest BCUT2D eigenvalue weighted by molar-refractivity contribution is -0.388. The number of aromatic nitrogens is 1. The molecule has 1 amide bonds. The van der Waals surface area contributed by atoms with E-state index in [0.29, 0.717) is 23.2 Å². The number of carbonyl (C=O) groups excluding carboxylic acids is 1. The summed E-state index contributed by atoms with van der Waals surface area (Å²) >= 11 is 1.25. The lowest BCUT2D eigenvalue weighted by Crippen LogP contribution is -2.32. The third kappa shape index (κ3) is 4.19. The Balaban J connectivity index is 1.78. The molecule has 0 spiro atoms. The van der Waals surface area contributed by atoms with Crippen LogP contribution in [0.2, 0.25) is 0 Å². The molecule has 1 saturated carbocycles. The Labute approximate surface area is 121 Å². The number of rotatable bonds is 6. The van der Waals surface area contributed by atoms with Gasteiger partial charge in [-0.05, 0) is 18.9 Å². The molecule has 6 nitrogen and oxygen atoms in total. The van der Waals surface area contributed by atoms with E-state index < -0.39 is 4.92 Å².